The molecular formula is C30H39N3O7. The number of ether oxygens (including phenoxy) is 2. The van der Waals surface area contributed by atoms with Crippen LogP contribution in [0.2, 0.25) is 0 Å². The molecule has 10 nitrogen and oxygen atoms in total. The molecule has 0 fully saturated rings. The molecule has 216 valence electrons. The van der Waals surface area contributed by atoms with Gasteiger partial charge in [0.2, 0.25) is 12.3 Å². The topological polar surface area (TPSA) is 119 Å². The van der Waals surface area contributed by atoms with E-state index in [0.717, 1.165) is 37.7 Å². The zero-order valence-electron chi connectivity index (χ0n) is 23.4. The predicted octanol–water partition coefficient (Wildman–Crippen LogP) is 4.63. The number of rotatable bonds is 17. The van der Waals surface area contributed by atoms with Crippen molar-refractivity contribution >= 4 is 18.2 Å². The fourth-order valence-electron chi connectivity index (χ4n) is 4.28. The first-order chi connectivity index (χ1) is 19.5. The Morgan fingerprint density at radius 2 is 1.98 bits per heavy atom. The Labute approximate surface area is 235 Å². The molecule has 1 aliphatic rings. The minimum absolute atomic E-state index is 0.0843. The molecule has 3 rings (SSSR count). The molecule has 0 saturated carbocycles. The van der Waals surface area contributed by atoms with Crippen molar-refractivity contribution in [1.82, 2.24) is 15.7 Å². The molecule has 0 spiro atoms. The first kappa shape index (κ1) is 30.5. The Morgan fingerprint density at radius 3 is 2.67 bits per heavy atom. The van der Waals surface area contributed by atoms with Crippen LogP contribution in [0.1, 0.15) is 56.0 Å². The Hall–Kier alpha value is -4.05. The number of carbonyl (C=O) groups is 3. The van der Waals surface area contributed by atoms with Gasteiger partial charge < -0.3 is 24.5 Å². The number of unbranched alkanes of at least 4 members (excludes halogenated alkanes) is 2. The third-order valence-corrected chi connectivity index (χ3v) is 6.57. The fourth-order valence-corrected chi connectivity index (χ4v) is 4.28. The van der Waals surface area contributed by atoms with Crippen molar-refractivity contribution in [2.45, 2.75) is 45.4 Å². The van der Waals surface area contributed by atoms with E-state index in [1.54, 1.807) is 44.6 Å². The third-order valence-electron chi connectivity index (χ3n) is 6.57. The van der Waals surface area contributed by atoms with Crippen molar-refractivity contribution in [2.24, 2.45) is 5.92 Å². The van der Waals surface area contributed by atoms with Crippen molar-refractivity contribution in [3.63, 3.8) is 0 Å². The van der Waals surface area contributed by atoms with Gasteiger partial charge >= 0.3 is 0 Å². The van der Waals surface area contributed by atoms with E-state index in [0.29, 0.717) is 42.3 Å². The summed E-state index contributed by atoms with van der Waals surface area (Å²) < 4.78 is 16.4. The molecule has 40 heavy (non-hydrogen) atoms. The largest absolute Gasteiger partial charge is 0.497 e. The van der Waals surface area contributed by atoms with E-state index in [2.05, 4.69) is 23.6 Å². The monoisotopic (exact) mass is 553 g/mol. The number of hydrogen-bond donors (Lipinski definition) is 2. The van der Waals surface area contributed by atoms with E-state index >= 15 is 0 Å². The lowest BCUT2D eigenvalue weighted by Crippen LogP contribution is -2.43. The van der Waals surface area contributed by atoms with Crippen molar-refractivity contribution in [3.8, 4) is 22.8 Å². The summed E-state index contributed by atoms with van der Waals surface area (Å²) in [4.78, 5) is 43.0. The number of nitrogens with zero attached hydrogens (tertiary/aromatic N) is 1. The summed E-state index contributed by atoms with van der Waals surface area (Å²) >= 11 is 0. The van der Waals surface area contributed by atoms with Gasteiger partial charge in [-0.05, 0) is 55.2 Å². The molecule has 3 amide bonds. The van der Waals surface area contributed by atoms with Crippen LogP contribution in [-0.2, 0) is 14.4 Å². The average Bonchev–Trinajstić information content (AvgIpc) is 3.49. The molecule has 2 N–H and O–H groups in total. The molecule has 2 aromatic rings. The Kier molecular flexibility index (Phi) is 12.3. The summed E-state index contributed by atoms with van der Waals surface area (Å²) in [7, 11) is 3.11. The first-order valence-corrected chi connectivity index (χ1v) is 13.6. The number of methoxy groups -OCH3 is 2. The van der Waals surface area contributed by atoms with Gasteiger partial charge in [-0.1, -0.05) is 44.4 Å². The zero-order chi connectivity index (χ0) is 28.7. The summed E-state index contributed by atoms with van der Waals surface area (Å²) in [5.74, 6) is 0.484. The highest BCUT2D eigenvalue weighted by molar-refractivity contribution is 5.92. The summed E-state index contributed by atoms with van der Waals surface area (Å²) in [5, 5.41) is 6.59. The van der Waals surface area contributed by atoms with Crippen LogP contribution >= 0.6 is 0 Å². The molecule has 1 aromatic carbocycles. The van der Waals surface area contributed by atoms with Crippen molar-refractivity contribution in [3.05, 3.63) is 59.9 Å². The molecule has 1 aliphatic carbocycles. The van der Waals surface area contributed by atoms with Crippen molar-refractivity contribution in [1.29, 1.82) is 0 Å². The van der Waals surface area contributed by atoms with E-state index in [1.807, 2.05) is 12.2 Å². The standard InChI is InChI=1S/C30H39N3O7/c1-4-5-7-12-23(18-33(21-34)39-19-22-10-8-6-9-11-22)29(35)31-20-32-30(36)28-16-15-27(40-28)25-17-24(37-2)13-14-26(25)38-3/h6,8,10,13-17,21,23H,4-5,7,9,11-12,18-20H2,1-3H3,(H,31,35)(H,32,36). The number of hydrogen-bond acceptors (Lipinski definition) is 7. The van der Waals surface area contributed by atoms with Crippen LogP contribution < -0.4 is 20.1 Å². The lowest BCUT2D eigenvalue weighted by Gasteiger charge is -2.24. The second-order valence-electron chi connectivity index (χ2n) is 9.42. The average molecular weight is 554 g/mol. The van der Waals surface area contributed by atoms with E-state index in [9.17, 15) is 14.4 Å². The van der Waals surface area contributed by atoms with Crippen molar-refractivity contribution in [2.75, 3.05) is 34.0 Å². The molecular weight excluding hydrogens is 514 g/mol. The second-order valence-corrected chi connectivity index (χ2v) is 9.42. The zero-order valence-corrected chi connectivity index (χ0v) is 23.4. The van der Waals surface area contributed by atoms with Crippen LogP contribution in [0.5, 0.6) is 11.5 Å². The van der Waals surface area contributed by atoms with Gasteiger partial charge in [-0.25, -0.2) is 5.06 Å². The highest BCUT2D eigenvalue weighted by atomic mass is 16.7. The van der Waals surface area contributed by atoms with E-state index in [4.69, 9.17) is 18.7 Å². The molecule has 10 heteroatoms. The number of benzene rings is 1. The molecule has 1 unspecified atom stereocenters. The van der Waals surface area contributed by atoms with Crippen LogP contribution in [0.15, 0.2) is 58.6 Å². The summed E-state index contributed by atoms with van der Waals surface area (Å²) in [6, 6.07) is 8.50. The minimum Gasteiger partial charge on any atom is -0.497 e. The number of carbonyl (C=O) groups excluding carboxylic acids is 3. The Morgan fingerprint density at radius 1 is 1.12 bits per heavy atom. The van der Waals surface area contributed by atoms with E-state index in [1.165, 1.54) is 5.06 Å². The van der Waals surface area contributed by atoms with Gasteiger partial charge in [0.25, 0.3) is 5.91 Å². The van der Waals surface area contributed by atoms with Gasteiger partial charge in [-0.3, -0.25) is 19.2 Å². The smallest absolute Gasteiger partial charge is 0.288 e. The Balaban J connectivity index is 1.55. The van der Waals surface area contributed by atoms with Crippen LogP contribution in [0.3, 0.4) is 0 Å². The summed E-state index contributed by atoms with van der Waals surface area (Å²) in [6.07, 6.45) is 11.9. The number of hydroxylamine groups is 2. The molecule has 0 saturated heterocycles. The normalized spacial score (nSPS) is 13.2. The fraction of sp³-hybridized carbons (Fsp3) is 0.433. The molecule has 0 bridgehead atoms. The quantitative estimate of drug-likeness (QED) is 0.127. The van der Waals surface area contributed by atoms with E-state index < -0.39 is 11.8 Å². The highest BCUT2D eigenvalue weighted by Crippen LogP contribution is 2.34. The van der Waals surface area contributed by atoms with Crippen LogP contribution in [0.4, 0.5) is 0 Å². The first-order valence-electron chi connectivity index (χ1n) is 13.6. The van der Waals surface area contributed by atoms with Gasteiger partial charge in [-0.2, -0.15) is 0 Å². The van der Waals surface area contributed by atoms with Gasteiger partial charge in [-0.15, -0.1) is 0 Å². The molecule has 0 aliphatic heterocycles. The Bertz CT molecular complexity index is 1190. The molecule has 1 heterocycles. The number of allylic oxidation sites excluding steroid dienone is 3. The van der Waals surface area contributed by atoms with Gasteiger partial charge in [0.1, 0.15) is 17.3 Å². The lowest BCUT2D eigenvalue weighted by molar-refractivity contribution is -0.173. The van der Waals surface area contributed by atoms with Crippen LogP contribution in [0, 0.1) is 5.92 Å². The van der Waals surface area contributed by atoms with Gasteiger partial charge in [0, 0.05) is 0 Å². The van der Waals surface area contributed by atoms with Crippen molar-refractivity contribution < 1.29 is 33.1 Å². The maximum Gasteiger partial charge on any atom is 0.288 e. The van der Waals surface area contributed by atoms with Gasteiger partial charge in [0.15, 0.2) is 5.76 Å². The number of furan rings is 1. The maximum absolute atomic E-state index is 13.0. The highest BCUT2D eigenvalue weighted by Gasteiger charge is 2.22. The van der Waals surface area contributed by atoms with Gasteiger partial charge in [0.05, 0.1) is 45.5 Å². The SMILES string of the molecule is CCCCCC(CN(C=O)OCC1=CC=CCC1)C(=O)NCNC(=O)c1ccc(-c2cc(OC)ccc2OC)o1. The second kappa shape index (κ2) is 16.1. The maximum atomic E-state index is 13.0. The molecule has 0 radical (unpaired) electrons. The lowest BCUT2D eigenvalue weighted by atomic mass is 10.00. The van der Waals surface area contributed by atoms with Crippen LogP contribution in [0.25, 0.3) is 11.3 Å². The third kappa shape index (κ3) is 9.01. The number of amides is 3. The minimum atomic E-state index is -0.483. The molecule has 1 aromatic heterocycles. The predicted molar refractivity (Wildman–Crippen MR) is 151 cm³/mol. The summed E-state index contributed by atoms with van der Waals surface area (Å²) in [5.41, 5.74) is 1.73. The van der Waals surface area contributed by atoms with Crippen LogP contribution in [-0.4, -0.2) is 57.3 Å². The molecule has 1 atom stereocenters. The number of nitrogens with one attached hydrogen (secondary N) is 2. The van der Waals surface area contributed by atoms with E-state index in [-0.39, 0.29) is 24.9 Å². The summed E-state index contributed by atoms with van der Waals surface area (Å²) in [6.45, 7) is 2.42.